The zero-order valence-electron chi connectivity index (χ0n) is 43.1. The van der Waals surface area contributed by atoms with Gasteiger partial charge in [0.15, 0.2) is 0 Å². The van der Waals surface area contributed by atoms with Crippen molar-refractivity contribution in [3.63, 3.8) is 0 Å². The van der Waals surface area contributed by atoms with Crippen LogP contribution in [0.2, 0.25) is 0 Å². The molecule has 66 heavy (non-hydrogen) atoms. The highest BCUT2D eigenvalue weighted by Gasteiger charge is 2.30. The fourth-order valence-electron chi connectivity index (χ4n) is 12.8. The molecule has 10 aromatic rings. The fourth-order valence-corrected chi connectivity index (χ4v) is 12.8. The van der Waals surface area contributed by atoms with Crippen molar-refractivity contribution in [3.8, 4) is 33.4 Å². The van der Waals surface area contributed by atoms with Crippen molar-refractivity contribution in [2.45, 2.75) is 0 Å². The standard InChI is InChI=1S/C46H47B19O/c47-27-23(34(54)37(57)26-25(27)38(58)44(64)45(65)39(26)59)17-19-21(32(52)42(62)40(60)30(19)50)18(22-20(17)31(51)41(61)43(63)33(22)53)24-35(55)28(48)16(29(49)36(24)56)13-7-3-6-12-14-8-10-4-1-2-5-11(10)9-15(14)66-46(12)13/h1-9H,47-65H2. The number of rotatable bonds is 3. The molecule has 0 fully saturated rings. The summed E-state index contributed by atoms with van der Waals surface area (Å²) in [5.41, 5.74) is 36.1. The molecule has 9 aromatic carbocycles. The molecule has 0 bridgehead atoms. The van der Waals surface area contributed by atoms with Gasteiger partial charge in [0.2, 0.25) is 0 Å². The normalized spacial score (nSPS) is 11.9. The highest BCUT2D eigenvalue weighted by Crippen LogP contribution is 2.40. The largest absolute Gasteiger partial charge is 0.455 e. The van der Waals surface area contributed by atoms with Gasteiger partial charge in [-0.1, -0.05) is 113 Å². The Morgan fingerprint density at radius 3 is 1.06 bits per heavy atom. The van der Waals surface area contributed by atoms with E-state index in [-0.39, 0.29) is 0 Å². The lowest BCUT2D eigenvalue weighted by Crippen LogP contribution is -2.53. The van der Waals surface area contributed by atoms with Crippen LogP contribution in [0.3, 0.4) is 0 Å². The molecule has 0 spiro atoms. The van der Waals surface area contributed by atoms with Crippen LogP contribution < -0.4 is 104 Å². The Bertz CT molecular complexity index is 3820. The van der Waals surface area contributed by atoms with Crippen LogP contribution in [-0.4, -0.2) is 149 Å². The van der Waals surface area contributed by atoms with E-state index in [9.17, 15) is 0 Å². The quantitative estimate of drug-likeness (QED) is 0.128. The predicted molar refractivity (Wildman–Crippen MR) is 355 cm³/mol. The van der Waals surface area contributed by atoms with Gasteiger partial charge >= 0.3 is 0 Å². The first-order valence-electron chi connectivity index (χ1n) is 24.1. The van der Waals surface area contributed by atoms with Crippen molar-refractivity contribution >= 4 is 318 Å². The molecular weight excluding hydrogens is 774 g/mol. The Hall–Kier alpha value is -4.95. The van der Waals surface area contributed by atoms with Gasteiger partial charge in [-0.25, -0.2) is 0 Å². The smallest absolute Gasteiger partial charge is 0.143 e. The van der Waals surface area contributed by atoms with Crippen LogP contribution in [0.25, 0.3) is 98.4 Å². The van der Waals surface area contributed by atoms with Gasteiger partial charge in [0, 0.05) is 16.3 Å². The number of para-hydroxylation sites is 1. The van der Waals surface area contributed by atoms with Crippen molar-refractivity contribution in [3.05, 3.63) is 54.6 Å². The highest BCUT2D eigenvalue weighted by atomic mass is 16.3. The van der Waals surface area contributed by atoms with E-state index in [1.807, 2.05) is 0 Å². The predicted octanol–water partition coefficient (Wildman–Crippen LogP) is -19.9. The second-order valence-electron chi connectivity index (χ2n) is 20.5. The van der Waals surface area contributed by atoms with Gasteiger partial charge in [0.25, 0.3) is 0 Å². The molecule has 0 atom stereocenters. The summed E-state index contributed by atoms with van der Waals surface area (Å²) in [4.78, 5) is 0. The molecule has 20 heteroatoms. The maximum atomic E-state index is 6.91. The van der Waals surface area contributed by atoms with Gasteiger partial charge in [0.1, 0.15) is 160 Å². The molecule has 294 valence electrons. The molecule has 10 rings (SSSR count). The second-order valence-corrected chi connectivity index (χ2v) is 20.5. The number of benzene rings is 9. The molecule has 0 aliphatic rings. The van der Waals surface area contributed by atoms with Gasteiger partial charge in [0.05, 0.1) is 0 Å². The molecule has 1 aromatic heterocycles. The van der Waals surface area contributed by atoms with Crippen LogP contribution in [0, 0.1) is 0 Å². The molecule has 1 nitrogen and oxygen atoms in total. The molecule has 1 heterocycles. The van der Waals surface area contributed by atoms with E-state index < -0.39 is 0 Å². The number of furan rings is 1. The molecular formula is C46H47B19O. The van der Waals surface area contributed by atoms with E-state index in [4.69, 9.17) is 4.42 Å². The van der Waals surface area contributed by atoms with Crippen molar-refractivity contribution in [2.24, 2.45) is 0 Å². The van der Waals surface area contributed by atoms with Crippen LogP contribution >= 0.6 is 0 Å². The minimum Gasteiger partial charge on any atom is -0.455 e. The van der Waals surface area contributed by atoms with Gasteiger partial charge in [-0.05, 0) is 83.0 Å². The Morgan fingerprint density at radius 1 is 0.258 bits per heavy atom. The third-order valence-corrected chi connectivity index (χ3v) is 17.9. The third kappa shape index (κ3) is 5.88. The maximum absolute atomic E-state index is 6.91. The van der Waals surface area contributed by atoms with E-state index in [1.54, 1.807) is 0 Å². The van der Waals surface area contributed by atoms with E-state index in [0.29, 0.717) is 0 Å². The van der Waals surface area contributed by atoms with Crippen LogP contribution in [0.1, 0.15) is 0 Å². The van der Waals surface area contributed by atoms with E-state index in [1.165, 1.54) is 180 Å². The first kappa shape index (κ1) is 44.9. The molecule has 0 amide bonds. The third-order valence-electron chi connectivity index (χ3n) is 17.9. The zero-order valence-corrected chi connectivity index (χ0v) is 43.1. The van der Waals surface area contributed by atoms with Crippen LogP contribution in [0.15, 0.2) is 59.0 Å². The first-order chi connectivity index (χ1) is 31.2. The summed E-state index contributed by atoms with van der Waals surface area (Å²) in [7, 11) is 45.1. The van der Waals surface area contributed by atoms with Gasteiger partial charge in [-0.3, -0.25) is 0 Å². The summed E-state index contributed by atoms with van der Waals surface area (Å²) in [6, 6.07) is 19.8. The fraction of sp³-hybridized carbons (Fsp3) is 0. The van der Waals surface area contributed by atoms with E-state index in [2.05, 4.69) is 204 Å². The summed E-state index contributed by atoms with van der Waals surface area (Å²) >= 11 is 0. The number of hydrogen-bond donors (Lipinski definition) is 0. The lowest BCUT2D eigenvalue weighted by Gasteiger charge is -2.32. The SMILES string of the molecule is Bc1c(B)c(-c2c3c(B)c(B)c(B)c(B)c3c(-c3c(B)c(B)c4c(B)c(B)c(B)c(B)c4c3B)c3c(B)c(B)c(B)c(B)c23)c(B)c(B)c1-c1cccc2c1oc1cc3ccccc3cc12. The summed E-state index contributed by atoms with van der Waals surface area (Å²) in [5.74, 6) is 0. The maximum Gasteiger partial charge on any atom is 0.143 e. The summed E-state index contributed by atoms with van der Waals surface area (Å²) in [6.45, 7) is 0. The van der Waals surface area contributed by atoms with E-state index >= 15 is 0 Å². The Morgan fingerprint density at radius 2 is 0.606 bits per heavy atom. The van der Waals surface area contributed by atoms with Crippen LogP contribution in [-0.2, 0) is 0 Å². The second kappa shape index (κ2) is 15.5. The molecule has 0 saturated heterocycles. The average molecular weight is 821 g/mol. The molecule has 0 saturated carbocycles. The van der Waals surface area contributed by atoms with Crippen LogP contribution in [0.5, 0.6) is 0 Å². The Labute approximate surface area is 407 Å². The van der Waals surface area contributed by atoms with Gasteiger partial charge < -0.3 is 4.42 Å². The minimum absolute atomic E-state index is 0.935. The van der Waals surface area contributed by atoms with Gasteiger partial charge in [-0.2, -0.15) is 0 Å². The lowest BCUT2D eigenvalue weighted by atomic mass is 9.55. The first-order valence-corrected chi connectivity index (χ1v) is 24.1. The monoisotopic (exact) mass is 825 g/mol. The van der Waals surface area contributed by atoms with Crippen molar-refractivity contribution in [2.75, 3.05) is 0 Å². The van der Waals surface area contributed by atoms with Crippen molar-refractivity contribution in [1.29, 1.82) is 0 Å². The molecule has 0 unspecified atom stereocenters. The summed E-state index contributed by atoms with van der Waals surface area (Å²) < 4.78 is 6.91. The highest BCUT2D eigenvalue weighted by molar-refractivity contribution is 6.76. The average Bonchev–Trinajstić information content (AvgIpc) is 3.67. The summed E-state index contributed by atoms with van der Waals surface area (Å²) in [5, 5.41) is 13.2. The van der Waals surface area contributed by atoms with Gasteiger partial charge in [-0.15, -0.1) is 32.8 Å². The molecule has 0 aliphatic heterocycles. The van der Waals surface area contributed by atoms with Crippen molar-refractivity contribution in [1.82, 2.24) is 0 Å². The zero-order chi connectivity index (χ0) is 47.4. The lowest BCUT2D eigenvalue weighted by molar-refractivity contribution is 0.670. The number of hydrogen-bond acceptors (Lipinski definition) is 1. The van der Waals surface area contributed by atoms with E-state index in [0.717, 1.165) is 22.1 Å². The topological polar surface area (TPSA) is 13.1 Å². The summed E-state index contributed by atoms with van der Waals surface area (Å²) in [6.07, 6.45) is 0. The number of fused-ring (bicyclic) bond motifs is 7. The van der Waals surface area contributed by atoms with Crippen LogP contribution in [0.4, 0.5) is 0 Å². The Kier molecular flexibility index (Phi) is 10.6. The molecule has 0 aliphatic carbocycles. The minimum atomic E-state index is 0.935. The molecule has 0 N–H and O–H groups in total. The Balaban J connectivity index is 1.40. The molecule has 0 radical (unpaired) electrons. The van der Waals surface area contributed by atoms with Crippen molar-refractivity contribution < 1.29 is 4.42 Å².